The van der Waals surface area contributed by atoms with Gasteiger partial charge in [0, 0.05) is 18.9 Å². The third kappa shape index (κ3) is 3.41. The third-order valence-corrected chi connectivity index (χ3v) is 3.25. The quantitative estimate of drug-likeness (QED) is 0.668. The number of aromatic nitrogens is 4. The molecule has 3 aromatic rings. The van der Waals surface area contributed by atoms with Crippen molar-refractivity contribution in [1.29, 1.82) is 0 Å². The molecule has 0 saturated carbocycles. The van der Waals surface area contributed by atoms with Gasteiger partial charge in [0.05, 0.1) is 28.8 Å². The van der Waals surface area contributed by atoms with Crippen molar-refractivity contribution in [3.05, 3.63) is 60.2 Å². The molecule has 0 aliphatic rings. The molecular weight excluding hydrogens is 292 g/mol. The molecular formula is C16H16N6O. The van der Waals surface area contributed by atoms with Crippen molar-refractivity contribution < 1.29 is 4.79 Å². The normalized spacial score (nSPS) is 10.5. The second kappa shape index (κ2) is 6.80. The first-order valence-corrected chi connectivity index (χ1v) is 7.13. The Balaban J connectivity index is 1.77. The maximum Gasteiger partial charge on any atom is 0.257 e. The molecule has 7 nitrogen and oxygen atoms in total. The van der Waals surface area contributed by atoms with Gasteiger partial charge in [-0.15, -0.1) is 0 Å². The molecule has 7 heteroatoms. The topological polar surface area (TPSA) is 95.6 Å². The van der Waals surface area contributed by atoms with Crippen LogP contribution in [-0.4, -0.2) is 33.1 Å². The van der Waals surface area contributed by atoms with E-state index in [9.17, 15) is 4.79 Å². The van der Waals surface area contributed by atoms with Gasteiger partial charge in [0.1, 0.15) is 5.69 Å². The maximum absolute atomic E-state index is 12.3. The van der Waals surface area contributed by atoms with Crippen LogP contribution >= 0.6 is 0 Å². The Hall–Kier alpha value is -3.06. The van der Waals surface area contributed by atoms with Gasteiger partial charge < -0.3 is 10.6 Å². The average Bonchev–Trinajstić information content (AvgIpc) is 3.05. The summed E-state index contributed by atoms with van der Waals surface area (Å²) in [6, 6.07) is 9.11. The summed E-state index contributed by atoms with van der Waals surface area (Å²) in [5.41, 5.74) is 3.31. The Bertz CT molecular complexity index is 782. The second-order valence-electron chi connectivity index (χ2n) is 4.90. The molecule has 0 unspecified atom stereocenters. The molecule has 0 atom stereocenters. The predicted octanol–water partition coefficient (Wildman–Crippen LogP) is 1.84. The van der Waals surface area contributed by atoms with E-state index in [1.807, 2.05) is 31.3 Å². The van der Waals surface area contributed by atoms with E-state index in [-0.39, 0.29) is 5.91 Å². The highest BCUT2D eigenvalue weighted by molar-refractivity contribution is 6.05. The fourth-order valence-corrected chi connectivity index (χ4v) is 2.13. The number of rotatable bonds is 5. The zero-order valence-corrected chi connectivity index (χ0v) is 12.6. The number of pyridine rings is 2. The Morgan fingerprint density at radius 2 is 2.09 bits per heavy atom. The summed E-state index contributed by atoms with van der Waals surface area (Å²) in [7, 11) is 1.85. The minimum atomic E-state index is -0.243. The van der Waals surface area contributed by atoms with Crippen LogP contribution in [0.1, 0.15) is 16.1 Å². The number of anilines is 1. The molecule has 116 valence electrons. The number of nitrogens with zero attached hydrogens (tertiary/aromatic N) is 3. The van der Waals surface area contributed by atoms with Crippen LogP contribution in [0.3, 0.4) is 0 Å². The molecule has 0 bridgehead atoms. The summed E-state index contributed by atoms with van der Waals surface area (Å²) < 4.78 is 0. The SMILES string of the molecule is CNCc1ccc(C(=O)Nc2cn[nH]c2-c2ccccn2)cn1. The van der Waals surface area contributed by atoms with Crippen LogP contribution in [0, 0.1) is 0 Å². The monoisotopic (exact) mass is 308 g/mol. The largest absolute Gasteiger partial charge is 0.319 e. The van der Waals surface area contributed by atoms with Crippen LogP contribution in [0.25, 0.3) is 11.4 Å². The summed E-state index contributed by atoms with van der Waals surface area (Å²) in [6.07, 6.45) is 4.80. The van der Waals surface area contributed by atoms with Crippen LogP contribution in [0.2, 0.25) is 0 Å². The Morgan fingerprint density at radius 3 is 2.78 bits per heavy atom. The molecule has 0 aliphatic carbocycles. The fraction of sp³-hybridized carbons (Fsp3) is 0.125. The van der Waals surface area contributed by atoms with Gasteiger partial charge in [-0.25, -0.2) is 0 Å². The highest BCUT2D eigenvalue weighted by atomic mass is 16.1. The Kier molecular flexibility index (Phi) is 4.39. The number of amides is 1. The number of carbonyl (C=O) groups is 1. The van der Waals surface area contributed by atoms with Gasteiger partial charge >= 0.3 is 0 Å². The van der Waals surface area contributed by atoms with E-state index in [0.717, 1.165) is 5.69 Å². The minimum absolute atomic E-state index is 0.243. The lowest BCUT2D eigenvalue weighted by molar-refractivity contribution is 0.102. The summed E-state index contributed by atoms with van der Waals surface area (Å²) in [5.74, 6) is -0.243. The van der Waals surface area contributed by atoms with Gasteiger partial charge in [-0.2, -0.15) is 5.10 Å². The lowest BCUT2D eigenvalue weighted by Gasteiger charge is -2.06. The highest BCUT2D eigenvalue weighted by Gasteiger charge is 2.13. The van der Waals surface area contributed by atoms with E-state index in [1.54, 1.807) is 24.7 Å². The van der Waals surface area contributed by atoms with E-state index in [2.05, 4.69) is 30.8 Å². The van der Waals surface area contributed by atoms with Crippen LogP contribution in [0.4, 0.5) is 5.69 Å². The first kappa shape index (κ1) is 14.9. The van der Waals surface area contributed by atoms with Crippen molar-refractivity contribution in [1.82, 2.24) is 25.5 Å². The van der Waals surface area contributed by atoms with Gasteiger partial charge in [-0.1, -0.05) is 6.07 Å². The minimum Gasteiger partial charge on any atom is -0.319 e. The zero-order valence-electron chi connectivity index (χ0n) is 12.6. The molecule has 3 rings (SSSR count). The Morgan fingerprint density at radius 1 is 1.17 bits per heavy atom. The van der Waals surface area contributed by atoms with Crippen LogP contribution in [0.5, 0.6) is 0 Å². The predicted molar refractivity (Wildman–Crippen MR) is 86.8 cm³/mol. The average molecular weight is 308 g/mol. The molecule has 3 heterocycles. The lowest BCUT2D eigenvalue weighted by atomic mass is 10.2. The summed E-state index contributed by atoms with van der Waals surface area (Å²) in [5, 5.41) is 12.7. The number of H-pyrrole nitrogens is 1. The smallest absolute Gasteiger partial charge is 0.257 e. The van der Waals surface area contributed by atoms with Crippen molar-refractivity contribution in [2.24, 2.45) is 0 Å². The first-order valence-electron chi connectivity index (χ1n) is 7.13. The van der Waals surface area contributed by atoms with Gasteiger partial charge in [0.15, 0.2) is 0 Å². The van der Waals surface area contributed by atoms with Crippen molar-refractivity contribution in [2.75, 3.05) is 12.4 Å². The number of aromatic amines is 1. The molecule has 0 fully saturated rings. The Labute approximate surface area is 133 Å². The zero-order chi connectivity index (χ0) is 16.1. The van der Waals surface area contributed by atoms with Crippen LogP contribution < -0.4 is 10.6 Å². The van der Waals surface area contributed by atoms with E-state index in [1.165, 1.54) is 0 Å². The van der Waals surface area contributed by atoms with E-state index in [0.29, 0.717) is 29.2 Å². The second-order valence-corrected chi connectivity index (χ2v) is 4.90. The van der Waals surface area contributed by atoms with E-state index >= 15 is 0 Å². The van der Waals surface area contributed by atoms with Gasteiger partial charge in [0.25, 0.3) is 5.91 Å². The van der Waals surface area contributed by atoms with Crippen molar-refractivity contribution in [2.45, 2.75) is 6.54 Å². The third-order valence-electron chi connectivity index (χ3n) is 3.25. The summed E-state index contributed by atoms with van der Waals surface area (Å²) in [6.45, 7) is 0.660. The molecule has 3 N–H and O–H groups in total. The van der Waals surface area contributed by atoms with Crippen molar-refractivity contribution in [3.8, 4) is 11.4 Å². The van der Waals surface area contributed by atoms with Crippen molar-refractivity contribution in [3.63, 3.8) is 0 Å². The van der Waals surface area contributed by atoms with Crippen LogP contribution in [0.15, 0.2) is 48.9 Å². The van der Waals surface area contributed by atoms with E-state index in [4.69, 9.17) is 0 Å². The molecule has 0 radical (unpaired) electrons. The number of carbonyl (C=O) groups excluding carboxylic acids is 1. The van der Waals surface area contributed by atoms with E-state index < -0.39 is 0 Å². The number of hydrogen-bond acceptors (Lipinski definition) is 5. The van der Waals surface area contributed by atoms with Gasteiger partial charge in [-0.05, 0) is 31.3 Å². The fourth-order valence-electron chi connectivity index (χ4n) is 2.13. The molecule has 0 spiro atoms. The van der Waals surface area contributed by atoms with Crippen LogP contribution in [-0.2, 0) is 6.54 Å². The summed E-state index contributed by atoms with van der Waals surface area (Å²) in [4.78, 5) is 20.8. The highest BCUT2D eigenvalue weighted by Crippen LogP contribution is 2.23. The first-order chi connectivity index (χ1) is 11.3. The standard InChI is InChI=1S/C16H16N6O/c1-17-9-12-6-5-11(8-19-12)16(23)21-14-10-20-22-15(14)13-4-2-3-7-18-13/h2-8,10,17H,9H2,1H3,(H,20,22)(H,21,23). The maximum atomic E-state index is 12.3. The van der Waals surface area contributed by atoms with Crippen molar-refractivity contribution >= 4 is 11.6 Å². The molecule has 0 aliphatic heterocycles. The number of hydrogen-bond donors (Lipinski definition) is 3. The summed E-state index contributed by atoms with van der Waals surface area (Å²) >= 11 is 0. The molecule has 0 saturated heterocycles. The van der Waals surface area contributed by atoms with Gasteiger partial charge in [0.2, 0.25) is 0 Å². The van der Waals surface area contributed by atoms with Gasteiger partial charge in [-0.3, -0.25) is 19.9 Å². The molecule has 1 amide bonds. The molecule has 23 heavy (non-hydrogen) atoms. The lowest BCUT2D eigenvalue weighted by Crippen LogP contribution is -2.13. The number of nitrogens with one attached hydrogen (secondary N) is 3. The molecule has 3 aromatic heterocycles. The molecule has 0 aromatic carbocycles.